The Hall–Kier alpha value is -0.390. The minimum absolute atomic E-state index is 0.508. The second-order valence-corrected chi connectivity index (χ2v) is 7.45. The lowest BCUT2D eigenvalue weighted by atomic mass is 9.92. The summed E-state index contributed by atoms with van der Waals surface area (Å²) in [4.78, 5) is 0. The second kappa shape index (κ2) is 8.91. The summed E-state index contributed by atoms with van der Waals surface area (Å²) in [6.07, 6.45) is 2.25. The molecule has 1 atom stereocenters. The highest BCUT2D eigenvalue weighted by molar-refractivity contribution is 14.1. The average Bonchev–Trinajstić information content (AvgIpc) is 2.48. The number of benzene rings is 2. The van der Waals surface area contributed by atoms with Crippen LogP contribution in [0.3, 0.4) is 0 Å². The Labute approximate surface area is 149 Å². The van der Waals surface area contributed by atoms with E-state index in [1.165, 1.54) is 21.1 Å². The van der Waals surface area contributed by atoms with E-state index in [4.69, 9.17) is 0 Å². The van der Waals surface area contributed by atoms with Crippen molar-refractivity contribution >= 4 is 38.5 Å². The summed E-state index contributed by atoms with van der Waals surface area (Å²) in [5.41, 5.74) is 2.80. The van der Waals surface area contributed by atoms with Crippen LogP contribution in [0.25, 0.3) is 0 Å². The summed E-state index contributed by atoms with van der Waals surface area (Å²) in [6, 6.07) is 17.5. The van der Waals surface area contributed by atoms with Crippen molar-refractivity contribution < 1.29 is 0 Å². The largest absolute Gasteiger partial charge is 0.316 e. The molecule has 2 rings (SSSR count). The van der Waals surface area contributed by atoms with Gasteiger partial charge in [-0.05, 0) is 77.4 Å². The van der Waals surface area contributed by atoms with Crippen LogP contribution in [0.5, 0.6) is 0 Å². The summed E-state index contributed by atoms with van der Waals surface area (Å²) in [5.74, 6) is 0.508. The Kier molecular flexibility index (Phi) is 7.20. The Morgan fingerprint density at radius 1 is 1.14 bits per heavy atom. The zero-order chi connectivity index (χ0) is 15.1. The molecule has 0 aliphatic heterocycles. The maximum atomic E-state index is 3.59. The molecule has 0 amide bonds. The Morgan fingerprint density at radius 3 is 2.57 bits per heavy atom. The van der Waals surface area contributed by atoms with Gasteiger partial charge in [0.25, 0.3) is 0 Å². The first kappa shape index (κ1) is 17.0. The third-order valence-corrected chi connectivity index (χ3v) is 4.75. The first-order valence-corrected chi connectivity index (χ1v) is 9.27. The minimum Gasteiger partial charge on any atom is -0.316 e. The molecule has 1 nitrogen and oxygen atoms in total. The van der Waals surface area contributed by atoms with Crippen LogP contribution in [0.1, 0.15) is 30.4 Å². The molecular weight excluding hydrogens is 437 g/mol. The van der Waals surface area contributed by atoms with E-state index < -0.39 is 0 Å². The lowest BCUT2D eigenvalue weighted by molar-refractivity contribution is 0.576. The van der Waals surface area contributed by atoms with Gasteiger partial charge in [0.1, 0.15) is 0 Å². The summed E-state index contributed by atoms with van der Waals surface area (Å²) in [5, 5.41) is 3.57. The van der Waals surface area contributed by atoms with Gasteiger partial charge in [-0.3, -0.25) is 0 Å². The summed E-state index contributed by atoms with van der Waals surface area (Å²) in [7, 11) is 0. The van der Waals surface area contributed by atoms with Gasteiger partial charge in [0.2, 0.25) is 0 Å². The summed E-state index contributed by atoms with van der Waals surface area (Å²) >= 11 is 5.94. The highest BCUT2D eigenvalue weighted by Crippen LogP contribution is 2.24. The van der Waals surface area contributed by atoms with Crippen molar-refractivity contribution in [3.8, 4) is 0 Å². The smallest absolute Gasteiger partial charge is 0.0178 e. The fourth-order valence-corrected chi connectivity index (χ4v) is 3.20. The van der Waals surface area contributed by atoms with Gasteiger partial charge in [-0.2, -0.15) is 0 Å². The van der Waals surface area contributed by atoms with Crippen LogP contribution in [0.15, 0.2) is 53.0 Å². The van der Waals surface area contributed by atoms with E-state index in [0.717, 1.165) is 24.0 Å². The lowest BCUT2D eigenvalue weighted by Crippen LogP contribution is -2.23. The molecule has 0 bridgehead atoms. The molecule has 0 radical (unpaired) electrons. The standard InChI is InChI=1S/C18H21BrIN/c1-2-10-21-13-16(15-4-3-5-17(19)12-15)11-14-6-8-18(20)9-7-14/h3-9,12,16,21H,2,10-11,13H2,1H3. The molecule has 0 aliphatic rings. The van der Waals surface area contributed by atoms with Gasteiger partial charge in [-0.1, -0.05) is 47.1 Å². The van der Waals surface area contributed by atoms with Gasteiger partial charge in [-0.25, -0.2) is 0 Å². The summed E-state index contributed by atoms with van der Waals surface area (Å²) in [6.45, 7) is 4.31. The second-order valence-electron chi connectivity index (χ2n) is 5.29. The Morgan fingerprint density at radius 2 is 1.90 bits per heavy atom. The molecule has 0 fully saturated rings. The normalized spacial score (nSPS) is 12.3. The molecule has 2 aromatic rings. The van der Waals surface area contributed by atoms with Gasteiger partial charge in [0.15, 0.2) is 0 Å². The zero-order valence-corrected chi connectivity index (χ0v) is 16.0. The number of halogens is 2. The minimum atomic E-state index is 0.508. The van der Waals surface area contributed by atoms with E-state index in [-0.39, 0.29) is 0 Å². The first-order chi connectivity index (χ1) is 10.2. The van der Waals surface area contributed by atoms with Crippen molar-refractivity contribution in [2.45, 2.75) is 25.7 Å². The molecule has 0 aromatic heterocycles. The Bertz CT molecular complexity index is 553. The lowest BCUT2D eigenvalue weighted by Gasteiger charge is -2.19. The van der Waals surface area contributed by atoms with Crippen molar-refractivity contribution in [3.05, 3.63) is 67.7 Å². The highest BCUT2D eigenvalue weighted by Gasteiger charge is 2.12. The van der Waals surface area contributed by atoms with Crippen molar-refractivity contribution in [2.75, 3.05) is 13.1 Å². The van der Waals surface area contributed by atoms with Crippen molar-refractivity contribution in [1.29, 1.82) is 0 Å². The van der Waals surface area contributed by atoms with E-state index in [2.05, 4.69) is 99.3 Å². The molecule has 2 aromatic carbocycles. The predicted molar refractivity (Wildman–Crippen MR) is 103 cm³/mol. The predicted octanol–water partition coefficient (Wildman–Crippen LogP) is 5.38. The van der Waals surface area contributed by atoms with Gasteiger partial charge >= 0.3 is 0 Å². The van der Waals surface area contributed by atoms with E-state index in [0.29, 0.717) is 5.92 Å². The molecule has 0 spiro atoms. The number of hydrogen-bond donors (Lipinski definition) is 1. The van der Waals surface area contributed by atoms with E-state index in [1.54, 1.807) is 0 Å². The molecule has 0 saturated heterocycles. The van der Waals surface area contributed by atoms with Crippen LogP contribution >= 0.6 is 38.5 Å². The van der Waals surface area contributed by atoms with Crippen LogP contribution in [-0.2, 0) is 6.42 Å². The molecular formula is C18H21BrIN. The molecule has 3 heteroatoms. The van der Waals surface area contributed by atoms with Crippen LogP contribution in [0.4, 0.5) is 0 Å². The number of hydrogen-bond acceptors (Lipinski definition) is 1. The van der Waals surface area contributed by atoms with Gasteiger partial charge in [-0.15, -0.1) is 0 Å². The van der Waals surface area contributed by atoms with E-state index in [9.17, 15) is 0 Å². The van der Waals surface area contributed by atoms with Crippen LogP contribution in [-0.4, -0.2) is 13.1 Å². The fraction of sp³-hybridized carbons (Fsp3) is 0.333. The Balaban J connectivity index is 2.13. The van der Waals surface area contributed by atoms with E-state index in [1.807, 2.05) is 0 Å². The molecule has 0 heterocycles. The maximum Gasteiger partial charge on any atom is 0.0178 e. The molecule has 1 N–H and O–H groups in total. The van der Waals surface area contributed by atoms with Crippen molar-refractivity contribution in [2.24, 2.45) is 0 Å². The maximum absolute atomic E-state index is 3.59. The molecule has 1 unspecified atom stereocenters. The number of nitrogens with one attached hydrogen (secondary N) is 1. The average molecular weight is 458 g/mol. The molecule has 0 aliphatic carbocycles. The summed E-state index contributed by atoms with van der Waals surface area (Å²) < 4.78 is 2.45. The van der Waals surface area contributed by atoms with Gasteiger partial charge in [0, 0.05) is 20.5 Å². The molecule has 112 valence electrons. The molecule has 0 saturated carbocycles. The molecule has 21 heavy (non-hydrogen) atoms. The van der Waals surface area contributed by atoms with Crippen LogP contribution in [0.2, 0.25) is 0 Å². The van der Waals surface area contributed by atoms with E-state index >= 15 is 0 Å². The monoisotopic (exact) mass is 457 g/mol. The number of rotatable bonds is 7. The topological polar surface area (TPSA) is 12.0 Å². The first-order valence-electron chi connectivity index (χ1n) is 7.39. The van der Waals surface area contributed by atoms with Gasteiger partial charge in [0.05, 0.1) is 0 Å². The van der Waals surface area contributed by atoms with Crippen molar-refractivity contribution in [1.82, 2.24) is 5.32 Å². The zero-order valence-electron chi connectivity index (χ0n) is 12.3. The van der Waals surface area contributed by atoms with Crippen LogP contribution < -0.4 is 5.32 Å². The SMILES string of the molecule is CCCNCC(Cc1ccc(I)cc1)c1cccc(Br)c1. The van der Waals surface area contributed by atoms with Gasteiger partial charge < -0.3 is 5.32 Å². The quantitative estimate of drug-likeness (QED) is 0.434. The van der Waals surface area contributed by atoms with Crippen LogP contribution in [0, 0.1) is 3.57 Å². The fourth-order valence-electron chi connectivity index (χ4n) is 2.43. The highest BCUT2D eigenvalue weighted by atomic mass is 127. The third-order valence-electron chi connectivity index (χ3n) is 3.53. The third kappa shape index (κ3) is 5.72. The van der Waals surface area contributed by atoms with Crippen molar-refractivity contribution in [3.63, 3.8) is 0 Å².